The SMILES string of the molecule is CC1(C)OB(c2cccc(-c3ccc4c(c3)-c3ccccc3C43c4ccccc4-c4ccccc43)c2N)OC1(C)C. The first-order chi connectivity index (χ1) is 19.7. The van der Waals surface area contributed by atoms with Gasteiger partial charge in [-0.2, -0.15) is 0 Å². The third-order valence-corrected chi connectivity index (χ3v) is 9.96. The lowest BCUT2D eigenvalue weighted by atomic mass is 9.70. The first kappa shape index (κ1) is 24.7. The zero-order valence-corrected chi connectivity index (χ0v) is 23.9. The Morgan fingerprint density at radius 2 is 0.976 bits per heavy atom. The predicted molar refractivity (Wildman–Crippen MR) is 168 cm³/mol. The fourth-order valence-electron chi connectivity index (χ4n) is 7.28. The van der Waals surface area contributed by atoms with Crippen LogP contribution in [0.15, 0.2) is 109 Å². The van der Waals surface area contributed by atoms with Gasteiger partial charge in [-0.25, -0.2) is 0 Å². The number of rotatable bonds is 2. The van der Waals surface area contributed by atoms with Crippen LogP contribution in [0.25, 0.3) is 33.4 Å². The topological polar surface area (TPSA) is 44.5 Å². The van der Waals surface area contributed by atoms with Crippen LogP contribution in [-0.4, -0.2) is 18.3 Å². The van der Waals surface area contributed by atoms with Gasteiger partial charge in [0.25, 0.3) is 0 Å². The first-order valence-electron chi connectivity index (χ1n) is 14.4. The van der Waals surface area contributed by atoms with Crippen molar-refractivity contribution in [2.45, 2.75) is 44.3 Å². The fraction of sp³-hybridized carbons (Fsp3) is 0.189. The van der Waals surface area contributed by atoms with E-state index in [9.17, 15) is 0 Å². The average Bonchev–Trinajstić information content (AvgIpc) is 3.52. The summed E-state index contributed by atoms with van der Waals surface area (Å²) in [5.41, 5.74) is 19.9. The maximum Gasteiger partial charge on any atom is 0.496 e. The van der Waals surface area contributed by atoms with Crippen LogP contribution < -0.4 is 11.2 Å². The highest BCUT2D eigenvalue weighted by molar-refractivity contribution is 6.64. The summed E-state index contributed by atoms with van der Waals surface area (Å²) >= 11 is 0. The molecule has 1 spiro atoms. The molecule has 0 bridgehead atoms. The molecule has 200 valence electrons. The molecule has 0 radical (unpaired) electrons. The highest BCUT2D eigenvalue weighted by Gasteiger charge is 2.53. The second-order valence-electron chi connectivity index (χ2n) is 12.5. The molecule has 0 atom stereocenters. The molecular weight excluding hydrogens is 501 g/mol. The molecule has 5 aromatic rings. The van der Waals surface area contributed by atoms with Gasteiger partial charge in [-0.15, -0.1) is 0 Å². The van der Waals surface area contributed by atoms with E-state index in [4.69, 9.17) is 15.0 Å². The van der Waals surface area contributed by atoms with E-state index < -0.39 is 18.3 Å². The van der Waals surface area contributed by atoms with Crippen LogP contribution in [-0.2, 0) is 14.7 Å². The molecule has 2 N–H and O–H groups in total. The molecule has 8 rings (SSSR count). The standard InChI is InChI=1S/C37H32BNO2/c1-35(2)36(3,4)41-38(40-35)33-19-11-15-24(34(33)39)23-20-21-32-28(22-23)27-14-7-10-18-31(27)37(32)29-16-8-5-12-25(29)26-13-6-9-17-30(26)37/h5-22H,39H2,1-4H3. The molecule has 0 aromatic heterocycles. The van der Waals surface area contributed by atoms with Crippen molar-refractivity contribution in [1.29, 1.82) is 0 Å². The van der Waals surface area contributed by atoms with E-state index in [1.54, 1.807) is 0 Å². The van der Waals surface area contributed by atoms with Crippen molar-refractivity contribution in [2.24, 2.45) is 0 Å². The van der Waals surface area contributed by atoms with Crippen LogP contribution in [0.2, 0.25) is 0 Å². The van der Waals surface area contributed by atoms with Crippen molar-refractivity contribution in [3.8, 4) is 33.4 Å². The number of hydrogen-bond acceptors (Lipinski definition) is 3. The van der Waals surface area contributed by atoms with Gasteiger partial charge in [0.05, 0.1) is 16.6 Å². The lowest BCUT2D eigenvalue weighted by Gasteiger charge is -2.32. The molecule has 1 heterocycles. The number of hydrogen-bond donors (Lipinski definition) is 1. The molecule has 1 saturated heterocycles. The lowest BCUT2D eigenvalue weighted by Crippen LogP contribution is -2.41. The van der Waals surface area contributed by atoms with Crippen LogP contribution in [0, 0.1) is 0 Å². The van der Waals surface area contributed by atoms with Crippen LogP contribution in [0.1, 0.15) is 49.9 Å². The number of anilines is 1. The van der Waals surface area contributed by atoms with E-state index in [0.29, 0.717) is 5.69 Å². The Morgan fingerprint density at radius 3 is 1.54 bits per heavy atom. The third-order valence-electron chi connectivity index (χ3n) is 9.96. The minimum atomic E-state index is -0.509. The number of nitrogens with two attached hydrogens (primary N) is 1. The molecule has 1 fully saturated rings. The maximum atomic E-state index is 6.89. The van der Waals surface area contributed by atoms with Crippen LogP contribution in [0.5, 0.6) is 0 Å². The second kappa shape index (κ2) is 8.22. The quantitative estimate of drug-likeness (QED) is 0.184. The molecule has 3 nitrogen and oxygen atoms in total. The third kappa shape index (κ3) is 3.12. The Hall–Kier alpha value is -4.12. The van der Waals surface area contributed by atoms with Crippen molar-refractivity contribution >= 4 is 18.3 Å². The highest BCUT2D eigenvalue weighted by Crippen LogP contribution is 2.62. The zero-order valence-electron chi connectivity index (χ0n) is 23.9. The van der Waals surface area contributed by atoms with E-state index in [1.165, 1.54) is 44.5 Å². The Kier molecular flexibility index (Phi) is 4.95. The summed E-state index contributed by atoms with van der Waals surface area (Å²) in [4.78, 5) is 0. The van der Waals surface area contributed by atoms with E-state index in [2.05, 4.69) is 131 Å². The fourth-order valence-corrected chi connectivity index (χ4v) is 7.28. The summed E-state index contributed by atoms with van der Waals surface area (Å²) in [5, 5.41) is 0. The second-order valence-corrected chi connectivity index (χ2v) is 12.5. The average molecular weight is 533 g/mol. The summed E-state index contributed by atoms with van der Waals surface area (Å²) in [5.74, 6) is 0. The molecule has 4 heteroatoms. The molecule has 3 aliphatic rings. The molecule has 41 heavy (non-hydrogen) atoms. The number of benzene rings is 5. The van der Waals surface area contributed by atoms with Crippen molar-refractivity contribution in [1.82, 2.24) is 0 Å². The summed E-state index contributed by atoms with van der Waals surface area (Å²) in [6.45, 7) is 8.28. The maximum absolute atomic E-state index is 6.89. The van der Waals surface area contributed by atoms with Gasteiger partial charge in [0.15, 0.2) is 0 Å². The molecule has 0 unspecified atom stereocenters. The predicted octanol–water partition coefficient (Wildman–Crippen LogP) is 7.58. The Morgan fingerprint density at radius 1 is 0.512 bits per heavy atom. The van der Waals surface area contributed by atoms with Crippen molar-refractivity contribution in [3.63, 3.8) is 0 Å². The summed E-state index contributed by atoms with van der Waals surface area (Å²) in [7, 11) is -0.509. The zero-order chi connectivity index (χ0) is 28.1. The van der Waals surface area contributed by atoms with Crippen molar-refractivity contribution in [3.05, 3.63) is 131 Å². The van der Waals surface area contributed by atoms with Crippen LogP contribution in [0.4, 0.5) is 5.69 Å². The van der Waals surface area contributed by atoms with Gasteiger partial charge < -0.3 is 15.0 Å². The Balaban J connectivity index is 1.32. The van der Waals surface area contributed by atoms with Gasteiger partial charge in [0.1, 0.15) is 0 Å². The van der Waals surface area contributed by atoms with E-state index in [0.717, 1.165) is 16.6 Å². The number of nitrogen functional groups attached to an aromatic ring is 1. The van der Waals surface area contributed by atoms with Gasteiger partial charge in [0, 0.05) is 16.7 Å². The molecule has 5 aromatic carbocycles. The summed E-state index contributed by atoms with van der Waals surface area (Å²) in [6.07, 6.45) is 0. The summed E-state index contributed by atoms with van der Waals surface area (Å²) < 4.78 is 12.7. The van der Waals surface area contributed by atoms with Crippen LogP contribution >= 0.6 is 0 Å². The van der Waals surface area contributed by atoms with Gasteiger partial charge in [-0.3, -0.25) is 0 Å². The van der Waals surface area contributed by atoms with Gasteiger partial charge in [-0.1, -0.05) is 103 Å². The largest absolute Gasteiger partial charge is 0.496 e. The van der Waals surface area contributed by atoms with Crippen LogP contribution in [0.3, 0.4) is 0 Å². The number of para-hydroxylation sites is 1. The van der Waals surface area contributed by atoms with Gasteiger partial charge in [-0.05, 0) is 83.8 Å². The van der Waals surface area contributed by atoms with Gasteiger partial charge >= 0.3 is 7.12 Å². The van der Waals surface area contributed by atoms with E-state index in [1.807, 2.05) is 6.07 Å². The smallest absolute Gasteiger partial charge is 0.399 e. The van der Waals surface area contributed by atoms with E-state index >= 15 is 0 Å². The molecule has 2 aliphatic carbocycles. The molecule has 0 saturated carbocycles. The minimum Gasteiger partial charge on any atom is -0.399 e. The van der Waals surface area contributed by atoms with Crippen molar-refractivity contribution in [2.75, 3.05) is 5.73 Å². The highest BCUT2D eigenvalue weighted by atomic mass is 16.7. The van der Waals surface area contributed by atoms with Crippen molar-refractivity contribution < 1.29 is 9.31 Å². The monoisotopic (exact) mass is 533 g/mol. The Labute approximate surface area is 242 Å². The lowest BCUT2D eigenvalue weighted by molar-refractivity contribution is 0.00578. The minimum absolute atomic E-state index is 0.340. The number of fused-ring (bicyclic) bond motifs is 10. The van der Waals surface area contributed by atoms with Gasteiger partial charge in [0.2, 0.25) is 0 Å². The Bertz CT molecular complexity index is 1830. The summed E-state index contributed by atoms with van der Waals surface area (Å²) in [6, 6.07) is 39.7. The molecular formula is C37H32BNO2. The van der Waals surface area contributed by atoms with E-state index in [-0.39, 0.29) is 5.41 Å². The first-order valence-corrected chi connectivity index (χ1v) is 14.4. The molecule has 0 amide bonds. The normalized spacial score (nSPS) is 18.2. The molecule has 1 aliphatic heterocycles.